The Balaban J connectivity index is 2.08. The first-order chi connectivity index (χ1) is 10.3. The molecule has 0 spiro atoms. The van der Waals surface area contributed by atoms with Crippen LogP contribution in [0.5, 0.6) is 0 Å². The van der Waals surface area contributed by atoms with Gasteiger partial charge in [0.2, 0.25) is 6.43 Å². The first-order valence-corrected chi connectivity index (χ1v) is 6.67. The van der Waals surface area contributed by atoms with Crippen molar-refractivity contribution < 1.29 is 37.8 Å². The van der Waals surface area contributed by atoms with Gasteiger partial charge >= 0.3 is 17.7 Å². The summed E-state index contributed by atoms with van der Waals surface area (Å²) in [6, 6.07) is -1.11. The normalized spacial score (nSPS) is 28.1. The van der Waals surface area contributed by atoms with Gasteiger partial charge in [0.1, 0.15) is 12.6 Å². The number of halogens is 2. The van der Waals surface area contributed by atoms with E-state index in [0.717, 1.165) is 0 Å². The molecule has 0 aliphatic carbocycles. The second-order valence-electron chi connectivity index (χ2n) is 4.71. The van der Waals surface area contributed by atoms with Crippen LogP contribution < -0.4 is 5.32 Å². The zero-order valence-electron chi connectivity index (χ0n) is 11.1. The second kappa shape index (κ2) is 6.08. The van der Waals surface area contributed by atoms with Crippen LogP contribution in [0.3, 0.4) is 0 Å². The largest absolute Gasteiger partial charge is 0.477 e. The third-order valence-electron chi connectivity index (χ3n) is 3.16. The van der Waals surface area contributed by atoms with Gasteiger partial charge in [-0.25, -0.2) is 13.6 Å². The molecule has 0 aromatic heterocycles. The molecule has 2 atom stereocenters. The maximum atomic E-state index is 12.2. The van der Waals surface area contributed by atoms with E-state index in [1.54, 1.807) is 0 Å². The number of alkyl halides is 2. The van der Waals surface area contributed by atoms with Gasteiger partial charge in [-0.2, -0.15) is 5.06 Å². The fraction of sp³-hybridized carbons (Fsp3) is 0.636. The van der Waals surface area contributed by atoms with Crippen molar-refractivity contribution in [3.05, 3.63) is 0 Å². The van der Waals surface area contributed by atoms with Crippen molar-refractivity contribution in [1.29, 1.82) is 0 Å². The summed E-state index contributed by atoms with van der Waals surface area (Å²) >= 11 is 4.67. The average Bonchev–Trinajstić information content (AvgIpc) is 2.94. The Labute approximate surface area is 128 Å². The number of nitrogens with one attached hydrogen (secondary N) is 1. The van der Waals surface area contributed by atoms with Crippen molar-refractivity contribution in [1.82, 2.24) is 10.4 Å². The maximum absolute atomic E-state index is 12.2. The molecule has 0 bridgehead atoms. The van der Waals surface area contributed by atoms with Gasteiger partial charge in [-0.1, -0.05) is 12.2 Å². The molecule has 0 aromatic rings. The van der Waals surface area contributed by atoms with Gasteiger partial charge in [0.05, 0.1) is 17.8 Å². The topological polar surface area (TPSA) is 105 Å². The highest BCUT2D eigenvalue weighted by atomic mass is 32.1. The second-order valence-corrected chi connectivity index (χ2v) is 5.20. The van der Waals surface area contributed by atoms with Crippen molar-refractivity contribution in [2.45, 2.75) is 37.5 Å². The van der Waals surface area contributed by atoms with Gasteiger partial charge in [-0.05, 0) is 0 Å². The quantitative estimate of drug-likeness (QED) is 0.525. The van der Waals surface area contributed by atoms with Crippen LogP contribution >= 0.6 is 12.2 Å². The molecular weight excluding hydrogens is 326 g/mol. The number of rotatable bonds is 5. The number of carbonyl (C=O) groups excluding carboxylic acids is 2. The minimum absolute atomic E-state index is 0.179. The lowest BCUT2D eigenvalue weighted by Gasteiger charge is -2.30. The minimum Gasteiger partial charge on any atom is -0.477 e. The SMILES string of the molecule is O=C1CCC(C(=O)O)(N2OCC(NC(=S)CC(F)F)C2=O)O1. The van der Waals surface area contributed by atoms with E-state index in [0.29, 0.717) is 5.06 Å². The van der Waals surface area contributed by atoms with Crippen LogP contribution in [-0.4, -0.2) is 57.8 Å². The number of aliphatic carboxylic acids is 1. The smallest absolute Gasteiger partial charge is 0.372 e. The molecule has 122 valence electrons. The molecule has 2 unspecified atom stereocenters. The third-order valence-corrected chi connectivity index (χ3v) is 3.44. The molecule has 2 rings (SSSR count). The van der Waals surface area contributed by atoms with E-state index in [4.69, 9.17) is 9.57 Å². The fourth-order valence-corrected chi connectivity index (χ4v) is 2.42. The molecule has 2 aliphatic rings. The molecule has 0 saturated carbocycles. The summed E-state index contributed by atoms with van der Waals surface area (Å²) < 4.78 is 29.1. The van der Waals surface area contributed by atoms with E-state index in [9.17, 15) is 28.3 Å². The van der Waals surface area contributed by atoms with E-state index < -0.39 is 42.5 Å². The highest BCUT2D eigenvalue weighted by Crippen LogP contribution is 2.34. The average molecular weight is 338 g/mol. The maximum Gasteiger partial charge on any atom is 0.372 e. The van der Waals surface area contributed by atoms with Gasteiger partial charge in [0.15, 0.2) is 0 Å². The van der Waals surface area contributed by atoms with Crippen molar-refractivity contribution >= 4 is 35.1 Å². The summed E-state index contributed by atoms with van der Waals surface area (Å²) in [5.41, 5.74) is -2.23. The van der Waals surface area contributed by atoms with E-state index in [-0.39, 0.29) is 24.4 Å². The van der Waals surface area contributed by atoms with Crippen LogP contribution in [0.1, 0.15) is 19.3 Å². The molecule has 0 aromatic carbocycles. The number of carboxylic acids is 1. The molecule has 2 N–H and O–H groups in total. The van der Waals surface area contributed by atoms with Gasteiger partial charge in [-0.3, -0.25) is 14.4 Å². The summed E-state index contributed by atoms with van der Waals surface area (Å²) in [5, 5.41) is 12.1. The summed E-state index contributed by atoms with van der Waals surface area (Å²) in [7, 11) is 0. The molecule has 0 radical (unpaired) electrons. The lowest BCUT2D eigenvalue weighted by atomic mass is 10.1. The van der Waals surface area contributed by atoms with Crippen LogP contribution in [0.4, 0.5) is 8.78 Å². The lowest BCUT2D eigenvalue weighted by molar-refractivity contribution is -0.256. The van der Waals surface area contributed by atoms with E-state index in [1.807, 2.05) is 0 Å². The Bertz CT molecular complexity index is 531. The number of hydroxylamine groups is 2. The summed E-state index contributed by atoms with van der Waals surface area (Å²) in [6.07, 6.45) is -3.84. The number of hydrogen-bond donors (Lipinski definition) is 2. The third kappa shape index (κ3) is 2.99. The number of cyclic esters (lactones) is 1. The van der Waals surface area contributed by atoms with Crippen molar-refractivity contribution in [3.63, 3.8) is 0 Å². The van der Waals surface area contributed by atoms with Crippen LogP contribution in [0.15, 0.2) is 0 Å². The molecule has 2 aliphatic heterocycles. The minimum atomic E-state index is -2.67. The van der Waals surface area contributed by atoms with Crippen LogP contribution in [-0.2, 0) is 24.0 Å². The molecule has 22 heavy (non-hydrogen) atoms. The molecular formula is C11H12F2N2O6S. The Morgan fingerprint density at radius 2 is 2.23 bits per heavy atom. The molecule has 1 amide bonds. The molecule has 8 nitrogen and oxygen atoms in total. The first-order valence-electron chi connectivity index (χ1n) is 6.26. The van der Waals surface area contributed by atoms with E-state index in [2.05, 4.69) is 17.5 Å². The Kier molecular flexibility index (Phi) is 4.56. The first kappa shape index (κ1) is 16.5. The zero-order chi connectivity index (χ0) is 16.5. The predicted octanol–water partition coefficient (Wildman–Crippen LogP) is -0.181. The van der Waals surface area contributed by atoms with Crippen LogP contribution in [0.2, 0.25) is 0 Å². The summed E-state index contributed by atoms with van der Waals surface area (Å²) in [4.78, 5) is 39.5. The van der Waals surface area contributed by atoms with Gasteiger partial charge in [0, 0.05) is 6.42 Å². The van der Waals surface area contributed by atoms with E-state index in [1.165, 1.54) is 0 Å². The van der Waals surface area contributed by atoms with Crippen LogP contribution in [0.25, 0.3) is 0 Å². The van der Waals surface area contributed by atoms with Gasteiger partial charge in [-0.15, -0.1) is 0 Å². The van der Waals surface area contributed by atoms with E-state index >= 15 is 0 Å². The van der Waals surface area contributed by atoms with Gasteiger partial charge in [0.25, 0.3) is 5.91 Å². The molecule has 11 heteroatoms. The number of ether oxygens (including phenoxy) is 1. The number of esters is 1. The van der Waals surface area contributed by atoms with Crippen molar-refractivity contribution in [2.75, 3.05) is 6.61 Å². The number of thiocarbonyl (C=S) groups is 1. The number of nitrogens with zero attached hydrogens (tertiary/aromatic N) is 1. The molecule has 2 saturated heterocycles. The summed E-state index contributed by atoms with van der Waals surface area (Å²) in [5.74, 6) is -3.18. The number of carboxylic acid groups (broad SMARTS) is 1. The van der Waals surface area contributed by atoms with Crippen molar-refractivity contribution in [2.24, 2.45) is 0 Å². The van der Waals surface area contributed by atoms with Crippen LogP contribution in [0, 0.1) is 0 Å². The lowest BCUT2D eigenvalue weighted by Crippen LogP contribution is -2.56. The number of carbonyl (C=O) groups is 3. The number of amides is 1. The monoisotopic (exact) mass is 338 g/mol. The molecule has 2 fully saturated rings. The Morgan fingerprint density at radius 3 is 2.73 bits per heavy atom. The number of hydrogen-bond acceptors (Lipinski definition) is 6. The van der Waals surface area contributed by atoms with Crippen molar-refractivity contribution in [3.8, 4) is 0 Å². The highest BCUT2D eigenvalue weighted by molar-refractivity contribution is 7.80. The predicted molar refractivity (Wildman–Crippen MR) is 68.6 cm³/mol. The Hall–Kier alpha value is -1.88. The molecule has 2 heterocycles. The summed E-state index contributed by atoms with van der Waals surface area (Å²) in [6.45, 7) is -0.311. The standard InChI is InChI=1S/C11H12F2N2O6S/c12-6(13)3-7(22)14-5-4-20-15(9(5)17)11(10(18)19)2-1-8(16)21-11/h5-6H,1-4H2,(H,14,22)(H,18,19). The Morgan fingerprint density at radius 1 is 1.55 bits per heavy atom. The van der Waals surface area contributed by atoms with Gasteiger partial charge < -0.3 is 15.2 Å². The highest BCUT2D eigenvalue weighted by Gasteiger charge is 2.59. The zero-order valence-corrected chi connectivity index (χ0v) is 11.9. The fourth-order valence-electron chi connectivity index (χ4n) is 2.15.